The van der Waals surface area contributed by atoms with Crippen LogP contribution in [-0.4, -0.2) is 65.1 Å². The van der Waals surface area contributed by atoms with Crippen molar-refractivity contribution in [3.63, 3.8) is 0 Å². The third-order valence-corrected chi connectivity index (χ3v) is 6.18. The highest BCUT2D eigenvalue weighted by Gasteiger charge is 2.33. The zero-order valence-electron chi connectivity index (χ0n) is 17.9. The lowest BCUT2D eigenvalue weighted by molar-refractivity contribution is 0.0959. The molecule has 1 atom stereocenters. The molecule has 0 amide bonds. The van der Waals surface area contributed by atoms with Crippen LogP contribution in [0.2, 0.25) is 0 Å². The van der Waals surface area contributed by atoms with E-state index in [1.165, 1.54) is 0 Å². The Morgan fingerprint density at radius 1 is 1.03 bits per heavy atom. The van der Waals surface area contributed by atoms with E-state index >= 15 is 0 Å². The number of fused-ring (bicyclic) bond motifs is 1. The number of aliphatic hydroxyl groups is 1. The predicted molar refractivity (Wildman–Crippen MR) is 122 cm³/mol. The first-order valence-electron chi connectivity index (χ1n) is 11.1. The van der Waals surface area contributed by atoms with E-state index in [1.807, 2.05) is 42.5 Å². The summed E-state index contributed by atoms with van der Waals surface area (Å²) in [7, 11) is 0. The summed E-state index contributed by atoms with van der Waals surface area (Å²) in [5.74, 6) is 2.04. The smallest absolute Gasteiger partial charge is 0.227 e. The molecule has 1 aromatic carbocycles. The Bertz CT molecular complexity index is 1060. The van der Waals surface area contributed by atoms with Crippen molar-refractivity contribution >= 4 is 23.2 Å². The number of piperazine rings is 1. The first-order valence-corrected chi connectivity index (χ1v) is 11.1. The second-order valence-electron chi connectivity index (χ2n) is 8.28. The van der Waals surface area contributed by atoms with Gasteiger partial charge in [0.15, 0.2) is 5.78 Å². The molecule has 166 valence electrons. The van der Waals surface area contributed by atoms with E-state index in [-0.39, 0.29) is 18.3 Å². The third-order valence-electron chi connectivity index (χ3n) is 6.18. The molecule has 0 bridgehead atoms. The Kier molecular flexibility index (Phi) is 5.87. The number of rotatable bonds is 6. The van der Waals surface area contributed by atoms with Crippen LogP contribution in [0.5, 0.6) is 0 Å². The van der Waals surface area contributed by atoms with Crippen LogP contribution in [0.1, 0.15) is 34.2 Å². The van der Waals surface area contributed by atoms with Gasteiger partial charge >= 0.3 is 0 Å². The predicted octanol–water partition coefficient (Wildman–Crippen LogP) is 2.84. The number of benzene rings is 1. The second kappa shape index (κ2) is 9.10. The van der Waals surface area contributed by atoms with E-state index in [2.05, 4.69) is 15.1 Å². The maximum Gasteiger partial charge on any atom is 0.227 e. The largest absolute Gasteiger partial charge is 0.469 e. The van der Waals surface area contributed by atoms with Crippen LogP contribution in [0.4, 0.5) is 17.5 Å². The van der Waals surface area contributed by atoms with Gasteiger partial charge in [0.25, 0.3) is 0 Å². The highest BCUT2D eigenvalue weighted by Crippen LogP contribution is 2.36. The lowest BCUT2D eigenvalue weighted by Gasteiger charge is -2.35. The average Bonchev–Trinajstić information content (AvgIpc) is 3.35. The Labute approximate surface area is 186 Å². The molecule has 1 unspecified atom stereocenters. The van der Waals surface area contributed by atoms with Gasteiger partial charge in [0.1, 0.15) is 11.6 Å². The Morgan fingerprint density at radius 2 is 1.84 bits per heavy atom. The van der Waals surface area contributed by atoms with E-state index < -0.39 is 0 Å². The van der Waals surface area contributed by atoms with Crippen molar-refractivity contribution in [1.29, 1.82) is 0 Å². The molecule has 0 saturated carbocycles. The minimum absolute atomic E-state index is 0.0151. The molecule has 1 aliphatic carbocycles. The van der Waals surface area contributed by atoms with E-state index in [1.54, 1.807) is 6.26 Å². The molecule has 5 rings (SSSR count). The van der Waals surface area contributed by atoms with Gasteiger partial charge in [0.05, 0.1) is 24.1 Å². The van der Waals surface area contributed by atoms with Crippen LogP contribution in [0.3, 0.4) is 0 Å². The fraction of sp³-hybridized carbons (Fsp3) is 0.375. The number of ketones is 1. The number of aromatic nitrogens is 2. The van der Waals surface area contributed by atoms with Crippen LogP contribution < -0.4 is 10.2 Å². The third kappa shape index (κ3) is 4.24. The first kappa shape index (κ1) is 20.7. The van der Waals surface area contributed by atoms with Crippen LogP contribution in [0.25, 0.3) is 0 Å². The average molecular weight is 434 g/mol. The summed E-state index contributed by atoms with van der Waals surface area (Å²) in [6, 6.07) is 13.6. The molecule has 3 heterocycles. The molecule has 8 heteroatoms. The van der Waals surface area contributed by atoms with Gasteiger partial charge in [-0.05, 0) is 24.3 Å². The Balaban J connectivity index is 1.49. The number of anilines is 3. The van der Waals surface area contributed by atoms with Crippen LogP contribution >= 0.6 is 0 Å². The molecule has 2 aromatic heterocycles. The Hall–Kier alpha value is -3.23. The number of aliphatic hydroxyl groups excluding tert-OH is 1. The van der Waals surface area contributed by atoms with Crippen molar-refractivity contribution in [1.82, 2.24) is 14.9 Å². The number of nitrogens with one attached hydrogen (secondary N) is 1. The number of β-amino-alcohol motifs (C(OH)–C–C–N with tert-alkyl or cyclic N) is 1. The summed E-state index contributed by atoms with van der Waals surface area (Å²) in [6.45, 7) is 4.08. The normalized spacial score (nSPS) is 19.1. The highest BCUT2D eigenvalue weighted by molar-refractivity contribution is 6.03. The molecule has 32 heavy (non-hydrogen) atoms. The number of Topliss-reactive ketones (excluding diaryl/α,β-unsaturated/α-hetero) is 1. The lowest BCUT2D eigenvalue weighted by atomic mass is 9.84. The van der Waals surface area contributed by atoms with E-state index in [0.717, 1.165) is 43.3 Å². The van der Waals surface area contributed by atoms with Gasteiger partial charge in [0, 0.05) is 57.2 Å². The molecule has 0 spiro atoms. The van der Waals surface area contributed by atoms with E-state index in [0.29, 0.717) is 36.7 Å². The summed E-state index contributed by atoms with van der Waals surface area (Å²) >= 11 is 0. The topological polar surface area (TPSA) is 94.7 Å². The molecule has 1 aliphatic heterocycles. The van der Waals surface area contributed by atoms with Crippen molar-refractivity contribution in [2.45, 2.75) is 18.8 Å². The molecule has 1 fully saturated rings. The number of para-hydroxylation sites is 1. The van der Waals surface area contributed by atoms with E-state index in [4.69, 9.17) is 14.4 Å². The summed E-state index contributed by atoms with van der Waals surface area (Å²) in [5.41, 5.74) is 2.23. The van der Waals surface area contributed by atoms with Crippen LogP contribution in [-0.2, 0) is 6.42 Å². The molecule has 8 nitrogen and oxygen atoms in total. The summed E-state index contributed by atoms with van der Waals surface area (Å²) in [4.78, 5) is 27.3. The molecule has 1 saturated heterocycles. The van der Waals surface area contributed by atoms with Gasteiger partial charge in [0.2, 0.25) is 5.95 Å². The number of carbonyl (C=O) groups excluding carboxylic acids is 1. The number of hydrogen-bond donors (Lipinski definition) is 2. The molecular weight excluding hydrogens is 406 g/mol. The number of carbonyl (C=O) groups is 1. The second-order valence-corrected chi connectivity index (χ2v) is 8.28. The molecular formula is C24H27N5O3. The highest BCUT2D eigenvalue weighted by atomic mass is 16.3. The minimum Gasteiger partial charge on any atom is -0.469 e. The lowest BCUT2D eigenvalue weighted by Crippen LogP contribution is -2.48. The van der Waals surface area contributed by atoms with Crippen LogP contribution in [0.15, 0.2) is 53.1 Å². The summed E-state index contributed by atoms with van der Waals surface area (Å²) in [5, 5.41) is 12.6. The van der Waals surface area contributed by atoms with Gasteiger partial charge in [-0.3, -0.25) is 9.69 Å². The van der Waals surface area contributed by atoms with Gasteiger partial charge < -0.3 is 19.7 Å². The maximum absolute atomic E-state index is 13.2. The molecule has 2 aliphatic rings. The zero-order valence-corrected chi connectivity index (χ0v) is 17.9. The summed E-state index contributed by atoms with van der Waals surface area (Å²) < 4.78 is 5.60. The van der Waals surface area contributed by atoms with Gasteiger partial charge in [-0.2, -0.15) is 4.98 Å². The fourth-order valence-electron chi connectivity index (χ4n) is 4.49. The van der Waals surface area contributed by atoms with E-state index in [9.17, 15) is 9.90 Å². The van der Waals surface area contributed by atoms with Crippen molar-refractivity contribution in [3.8, 4) is 0 Å². The van der Waals surface area contributed by atoms with Crippen molar-refractivity contribution < 1.29 is 14.3 Å². The summed E-state index contributed by atoms with van der Waals surface area (Å²) in [6.07, 6.45) is 2.67. The molecule has 3 aromatic rings. The first-order chi connectivity index (χ1) is 15.7. The van der Waals surface area contributed by atoms with Gasteiger partial charge in [-0.25, -0.2) is 4.98 Å². The number of hydrogen-bond acceptors (Lipinski definition) is 8. The van der Waals surface area contributed by atoms with Crippen LogP contribution in [0, 0.1) is 0 Å². The Morgan fingerprint density at radius 3 is 2.56 bits per heavy atom. The fourth-order valence-corrected chi connectivity index (χ4v) is 4.49. The standard InChI is InChI=1S/C24H27N5O3/c30-13-12-28-8-10-29(11-9-28)24-26-19-15-17(21-7-4-14-32-21)16-20(31)22(19)23(27-24)25-18-5-2-1-3-6-18/h1-7,14,17,30H,8-13,15-16H2,(H,25,26,27). The zero-order chi connectivity index (χ0) is 21.9. The monoisotopic (exact) mass is 433 g/mol. The number of furan rings is 1. The maximum atomic E-state index is 13.2. The van der Waals surface area contributed by atoms with Crippen molar-refractivity contribution in [3.05, 3.63) is 65.7 Å². The van der Waals surface area contributed by atoms with Crippen molar-refractivity contribution in [2.24, 2.45) is 0 Å². The SMILES string of the molecule is O=C1CC(c2ccco2)Cc2nc(N3CCN(CCO)CC3)nc(Nc3ccccc3)c21. The number of nitrogens with zero attached hydrogens (tertiary/aromatic N) is 4. The van der Waals surface area contributed by atoms with Gasteiger partial charge in [-0.1, -0.05) is 18.2 Å². The molecule has 0 radical (unpaired) electrons. The molecule has 2 N–H and O–H groups in total. The minimum atomic E-state index is -0.0151. The van der Waals surface area contributed by atoms with Gasteiger partial charge in [-0.15, -0.1) is 0 Å². The quantitative estimate of drug-likeness (QED) is 0.613. The van der Waals surface area contributed by atoms with Crippen molar-refractivity contribution in [2.75, 3.05) is 49.5 Å².